The molecule has 0 saturated heterocycles. The second-order valence-electron chi connectivity index (χ2n) is 9.99. The molecule has 0 aliphatic carbocycles. The summed E-state index contributed by atoms with van der Waals surface area (Å²) in [5, 5.41) is 6.47. The van der Waals surface area contributed by atoms with Crippen LogP contribution in [0, 0.1) is 0 Å². The third kappa shape index (κ3) is 7.90. The lowest BCUT2D eigenvalue weighted by atomic mass is 9.84. The van der Waals surface area contributed by atoms with E-state index in [9.17, 15) is 4.79 Å². The average molecular weight is 605 g/mol. The zero-order valence-corrected chi connectivity index (χ0v) is 25.9. The first kappa shape index (κ1) is 30.5. The van der Waals surface area contributed by atoms with Gasteiger partial charge in [-0.15, -0.1) is 23.5 Å². The first-order valence-electron chi connectivity index (χ1n) is 14.3. The van der Waals surface area contributed by atoms with Crippen LogP contribution in [0.2, 0.25) is 0 Å². The SMILES string of the molecule is COc1ccc(CSc2ccccc2NC(=O)CNCCSC(c2ccccc2)(c2ccccc2)c2ccccc2)cc1. The van der Waals surface area contributed by atoms with Crippen molar-refractivity contribution in [2.75, 3.05) is 31.3 Å². The number of benzene rings is 5. The van der Waals surface area contributed by atoms with Crippen LogP contribution in [0.15, 0.2) is 144 Å². The fourth-order valence-electron chi connectivity index (χ4n) is 5.02. The van der Waals surface area contributed by atoms with E-state index in [1.54, 1.807) is 18.9 Å². The third-order valence-corrected chi connectivity index (χ3v) is 9.83. The molecule has 0 heterocycles. The Kier molecular flexibility index (Phi) is 11.0. The predicted octanol–water partition coefficient (Wildman–Crippen LogP) is 8.24. The van der Waals surface area contributed by atoms with Crippen molar-refractivity contribution in [3.8, 4) is 5.75 Å². The van der Waals surface area contributed by atoms with Crippen molar-refractivity contribution in [3.63, 3.8) is 0 Å². The van der Waals surface area contributed by atoms with Crippen LogP contribution in [-0.2, 0) is 15.3 Å². The molecule has 1 amide bonds. The summed E-state index contributed by atoms with van der Waals surface area (Å²) in [5.41, 5.74) is 5.73. The van der Waals surface area contributed by atoms with E-state index in [1.165, 1.54) is 22.3 Å². The predicted molar refractivity (Wildman–Crippen MR) is 182 cm³/mol. The quantitative estimate of drug-likeness (QED) is 0.0760. The second kappa shape index (κ2) is 15.5. The molecule has 43 heavy (non-hydrogen) atoms. The Morgan fingerprint density at radius 1 is 0.698 bits per heavy atom. The molecule has 0 unspecified atom stereocenters. The van der Waals surface area contributed by atoms with Gasteiger partial charge in [-0.05, 0) is 46.5 Å². The summed E-state index contributed by atoms with van der Waals surface area (Å²) >= 11 is 3.59. The molecule has 4 nitrogen and oxygen atoms in total. The standard InChI is InChI=1S/C37H36N2O2S2/c1-41-33-23-21-29(22-24-33)28-42-35-20-12-11-19-34(35)39-36(40)27-38-25-26-43-37(30-13-5-2-6-14-30,31-15-7-3-8-16-31)32-17-9-4-10-18-32/h2-24,38H,25-28H2,1H3,(H,39,40). The number of hydrogen-bond acceptors (Lipinski definition) is 5. The van der Waals surface area contributed by atoms with Gasteiger partial charge in [-0.1, -0.05) is 115 Å². The number of ether oxygens (including phenoxy) is 1. The van der Waals surface area contributed by atoms with Crippen molar-refractivity contribution < 1.29 is 9.53 Å². The summed E-state index contributed by atoms with van der Waals surface area (Å²) in [7, 11) is 1.67. The van der Waals surface area contributed by atoms with Crippen molar-refractivity contribution >= 4 is 35.1 Å². The van der Waals surface area contributed by atoms with Crippen LogP contribution in [-0.4, -0.2) is 31.9 Å². The lowest BCUT2D eigenvalue weighted by Gasteiger charge is -2.35. The van der Waals surface area contributed by atoms with Gasteiger partial charge >= 0.3 is 0 Å². The summed E-state index contributed by atoms with van der Waals surface area (Å²) in [6, 6.07) is 48.1. The average Bonchev–Trinajstić information content (AvgIpc) is 3.07. The molecular formula is C37H36N2O2S2. The maximum absolute atomic E-state index is 12.9. The van der Waals surface area contributed by atoms with E-state index < -0.39 is 0 Å². The number of carbonyl (C=O) groups excluding carboxylic acids is 1. The molecule has 0 aromatic heterocycles. The fourth-order valence-corrected chi connectivity index (χ4v) is 7.44. The van der Waals surface area contributed by atoms with Gasteiger partial charge in [0.05, 0.1) is 24.1 Å². The Morgan fingerprint density at radius 3 is 1.79 bits per heavy atom. The van der Waals surface area contributed by atoms with E-state index in [4.69, 9.17) is 4.74 Å². The summed E-state index contributed by atoms with van der Waals surface area (Å²) in [6.07, 6.45) is 0. The Labute approximate surface area is 263 Å². The third-order valence-electron chi connectivity index (χ3n) is 7.14. The molecule has 0 aliphatic rings. The summed E-state index contributed by atoms with van der Waals surface area (Å²) in [6.45, 7) is 0.938. The molecular weight excluding hydrogens is 569 g/mol. The van der Waals surface area contributed by atoms with Crippen molar-refractivity contribution in [2.24, 2.45) is 0 Å². The summed E-state index contributed by atoms with van der Waals surface area (Å²) < 4.78 is 4.89. The number of carbonyl (C=O) groups is 1. The second-order valence-corrected chi connectivity index (χ2v) is 12.3. The maximum atomic E-state index is 12.9. The van der Waals surface area contributed by atoms with Crippen molar-refractivity contribution in [3.05, 3.63) is 162 Å². The minimum Gasteiger partial charge on any atom is -0.497 e. The minimum absolute atomic E-state index is 0.0528. The summed E-state index contributed by atoms with van der Waals surface area (Å²) in [4.78, 5) is 14.0. The maximum Gasteiger partial charge on any atom is 0.238 e. The van der Waals surface area contributed by atoms with Crippen LogP contribution < -0.4 is 15.4 Å². The van der Waals surface area contributed by atoms with Crippen molar-refractivity contribution in [1.29, 1.82) is 0 Å². The van der Waals surface area contributed by atoms with Crippen LogP contribution >= 0.6 is 23.5 Å². The highest BCUT2D eigenvalue weighted by atomic mass is 32.2. The Hall–Kier alpha value is -3.97. The van der Waals surface area contributed by atoms with Gasteiger partial charge in [-0.3, -0.25) is 4.79 Å². The lowest BCUT2D eigenvalue weighted by Crippen LogP contribution is -2.32. The number of thioether (sulfide) groups is 2. The number of rotatable bonds is 14. The van der Waals surface area contributed by atoms with Crippen molar-refractivity contribution in [2.45, 2.75) is 15.4 Å². The first-order valence-corrected chi connectivity index (χ1v) is 16.3. The Morgan fingerprint density at radius 2 is 1.23 bits per heavy atom. The van der Waals surface area contributed by atoms with E-state index >= 15 is 0 Å². The zero-order chi connectivity index (χ0) is 29.7. The monoisotopic (exact) mass is 604 g/mol. The number of para-hydroxylation sites is 1. The van der Waals surface area contributed by atoms with Gasteiger partial charge in [-0.2, -0.15) is 0 Å². The fraction of sp³-hybridized carbons (Fsp3) is 0.162. The van der Waals surface area contributed by atoms with Crippen LogP contribution in [0.4, 0.5) is 5.69 Å². The number of anilines is 1. The van der Waals surface area contributed by atoms with Crippen LogP contribution in [0.5, 0.6) is 5.75 Å². The lowest BCUT2D eigenvalue weighted by molar-refractivity contribution is -0.115. The molecule has 218 valence electrons. The number of hydrogen-bond donors (Lipinski definition) is 2. The molecule has 5 aromatic carbocycles. The van der Waals surface area contributed by atoms with E-state index in [1.807, 2.05) is 48.2 Å². The Balaban J connectivity index is 1.20. The van der Waals surface area contributed by atoms with E-state index in [2.05, 4.69) is 114 Å². The minimum atomic E-state index is -0.367. The number of nitrogens with one attached hydrogen (secondary N) is 2. The van der Waals surface area contributed by atoms with Crippen LogP contribution in [0.25, 0.3) is 0 Å². The van der Waals surface area contributed by atoms with Gasteiger partial charge < -0.3 is 15.4 Å². The van der Waals surface area contributed by atoms with Gasteiger partial charge in [0, 0.05) is 22.9 Å². The molecule has 0 atom stereocenters. The van der Waals surface area contributed by atoms with Gasteiger partial charge in [0.15, 0.2) is 0 Å². The van der Waals surface area contributed by atoms with Gasteiger partial charge in [0.25, 0.3) is 0 Å². The highest BCUT2D eigenvalue weighted by molar-refractivity contribution is 8.00. The van der Waals surface area contributed by atoms with E-state index in [0.29, 0.717) is 6.54 Å². The normalized spacial score (nSPS) is 11.2. The van der Waals surface area contributed by atoms with Gasteiger partial charge in [-0.25, -0.2) is 0 Å². The molecule has 5 aromatic rings. The smallest absolute Gasteiger partial charge is 0.238 e. The number of methoxy groups -OCH3 is 1. The van der Waals surface area contributed by atoms with Gasteiger partial charge in [0.2, 0.25) is 5.91 Å². The van der Waals surface area contributed by atoms with E-state index in [0.717, 1.165) is 27.8 Å². The molecule has 6 heteroatoms. The number of amides is 1. The molecule has 2 N–H and O–H groups in total. The molecule has 0 radical (unpaired) electrons. The van der Waals surface area contributed by atoms with Crippen LogP contribution in [0.1, 0.15) is 22.3 Å². The molecule has 0 saturated carbocycles. The molecule has 0 bridgehead atoms. The molecule has 0 aliphatic heterocycles. The molecule has 0 fully saturated rings. The highest BCUT2D eigenvalue weighted by Crippen LogP contribution is 2.48. The zero-order valence-electron chi connectivity index (χ0n) is 24.2. The topological polar surface area (TPSA) is 50.4 Å². The molecule has 5 rings (SSSR count). The summed E-state index contributed by atoms with van der Waals surface area (Å²) in [5.74, 6) is 2.42. The largest absolute Gasteiger partial charge is 0.497 e. The van der Waals surface area contributed by atoms with Gasteiger partial charge in [0.1, 0.15) is 5.75 Å². The molecule has 0 spiro atoms. The first-order chi connectivity index (χ1) is 21.2. The van der Waals surface area contributed by atoms with E-state index in [-0.39, 0.29) is 17.2 Å². The highest BCUT2D eigenvalue weighted by Gasteiger charge is 2.36. The Bertz CT molecular complexity index is 1470. The van der Waals surface area contributed by atoms with Crippen LogP contribution in [0.3, 0.4) is 0 Å². The van der Waals surface area contributed by atoms with Crippen molar-refractivity contribution in [1.82, 2.24) is 5.32 Å².